The molecular formula is C87H110O2S5. The van der Waals surface area contributed by atoms with Gasteiger partial charge < -0.3 is 0 Å². The van der Waals surface area contributed by atoms with E-state index in [2.05, 4.69) is 152 Å². The Kier molecular flexibility index (Phi) is 25.3. The Hall–Kier alpha value is -4.76. The molecule has 2 aliphatic rings. The van der Waals surface area contributed by atoms with Crippen LogP contribution in [0.4, 0.5) is 0 Å². The van der Waals surface area contributed by atoms with E-state index >= 15 is 0 Å². The molecule has 0 N–H and O–H groups in total. The van der Waals surface area contributed by atoms with Gasteiger partial charge >= 0.3 is 0 Å². The molecule has 2 unspecified atom stereocenters. The lowest BCUT2D eigenvalue weighted by Crippen LogP contribution is -2.29. The van der Waals surface area contributed by atoms with Crippen LogP contribution < -0.4 is 0 Å². The number of aldehydes is 2. The van der Waals surface area contributed by atoms with Gasteiger partial charge in [0.15, 0.2) is 12.6 Å². The Morgan fingerprint density at radius 3 is 1.03 bits per heavy atom. The second kappa shape index (κ2) is 33.7. The molecule has 0 aliphatic heterocycles. The SMILES string of the molecule is CCCCCCCCc1cc(CCCCCCCC)cc(C2(c3cc(C)cc(C)c3)c3cc(C=O)sc3-c3sc4c5c(sc4c32)-c2sc3cc(C=O)sc3c2C5(c2cc(C)cc(CCCCCCCC)c2)c2cc(CCCCCCCC)cc(CCCCCCCC)c2)c1. The van der Waals surface area contributed by atoms with E-state index in [9.17, 15) is 9.59 Å². The second-order valence-electron chi connectivity index (χ2n) is 28.8. The van der Waals surface area contributed by atoms with Crippen LogP contribution in [0, 0.1) is 20.8 Å². The van der Waals surface area contributed by atoms with Crippen molar-refractivity contribution in [2.45, 2.75) is 291 Å². The normalized spacial score (nSPS) is 15.6. The van der Waals surface area contributed by atoms with Gasteiger partial charge in [0.25, 0.3) is 0 Å². The minimum absolute atomic E-state index is 0.668. The highest BCUT2D eigenvalue weighted by molar-refractivity contribution is 7.36. The molecule has 5 heterocycles. The monoisotopic (exact) mass is 1350 g/mol. The molecule has 2 nitrogen and oxygen atoms in total. The number of benzene rings is 4. The quantitative estimate of drug-likeness (QED) is 0.0283. The predicted molar refractivity (Wildman–Crippen MR) is 416 cm³/mol. The Labute approximate surface area is 587 Å². The van der Waals surface area contributed by atoms with E-state index in [0.29, 0.717) is 0 Å². The molecule has 2 aliphatic carbocycles. The summed E-state index contributed by atoms with van der Waals surface area (Å²) in [6.07, 6.45) is 45.9. The minimum atomic E-state index is -0.671. The van der Waals surface area contributed by atoms with Gasteiger partial charge in [-0.05, 0) is 153 Å². The van der Waals surface area contributed by atoms with E-state index < -0.39 is 10.8 Å². The van der Waals surface area contributed by atoms with Crippen molar-refractivity contribution in [3.63, 3.8) is 0 Å². The van der Waals surface area contributed by atoms with E-state index in [1.54, 1.807) is 22.7 Å². The van der Waals surface area contributed by atoms with Crippen molar-refractivity contribution in [1.29, 1.82) is 0 Å². The molecule has 500 valence electrons. The number of aryl methyl sites for hydroxylation is 8. The van der Waals surface area contributed by atoms with Crippen LogP contribution in [0.2, 0.25) is 0 Å². The second-order valence-corrected chi connectivity index (χ2v) is 34.1. The first-order valence-corrected chi connectivity index (χ1v) is 41.8. The summed E-state index contributed by atoms with van der Waals surface area (Å²) in [6, 6.07) is 35.6. The van der Waals surface area contributed by atoms with Gasteiger partial charge in [-0.15, -0.1) is 56.7 Å². The summed E-state index contributed by atoms with van der Waals surface area (Å²) in [5.41, 5.74) is 20.9. The van der Waals surface area contributed by atoms with Gasteiger partial charge in [0.2, 0.25) is 0 Å². The lowest BCUT2D eigenvalue weighted by atomic mass is 9.66. The molecule has 7 heteroatoms. The summed E-state index contributed by atoms with van der Waals surface area (Å²) in [6.45, 7) is 18.6. The van der Waals surface area contributed by atoms with Crippen molar-refractivity contribution in [3.8, 4) is 19.5 Å². The highest BCUT2D eigenvalue weighted by atomic mass is 32.1. The van der Waals surface area contributed by atoms with Crippen molar-refractivity contribution in [2.24, 2.45) is 0 Å². The fourth-order valence-corrected chi connectivity index (χ4v) is 23.6. The van der Waals surface area contributed by atoms with Crippen molar-refractivity contribution in [3.05, 3.63) is 184 Å². The number of thiophene rings is 5. The summed E-state index contributed by atoms with van der Waals surface area (Å²) in [4.78, 5) is 33.7. The van der Waals surface area contributed by atoms with Crippen LogP contribution >= 0.6 is 56.7 Å². The van der Waals surface area contributed by atoms with Crippen LogP contribution in [-0.4, -0.2) is 12.6 Å². The Balaban J connectivity index is 1.20. The van der Waals surface area contributed by atoms with Crippen LogP contribution in [-0.2, 0) is 42.9 Å². The summed E-state index contributed by atoms with van der Waals surface area (Å²) in [5, 5.41) is 0. The van der Waals surface area contributed by atoms with E-state index in [4.69, 9.17) is 0 Å². The fraction of sp³-hybridized carbons (Fsp3) is 0.517. The van der Waals surface area contributed by atoms with E-state index in [-0.39, 0.29) is 0 Å². The zero-order valence-corrected chi connectivity index (χ0v) is 62.9. The first kappa shape index (κ1) is 70.6. The van der Waals surface area contributed by atoms with Crippen LogP contribution in [0.1, 0.15) is 336 Å². The fourth-order valence-electron chi connectivity index (χ4n) is 16.6. The summed E-state index contributed by atoms with van der Waals surface area (Å²) in [5.74, 6) is 0. The molecule has 0 radical (unpaired) electrons. The number of unbranched alkanes of at least 4 members (excludes halogenated alkanes) is 25. The molecule has 0 fully saturated rings. The summed E-state index contributed by atoms with van der Waals surface area (Å²) in [7, 11) is 0. The average molecular weight is 1350 g/mol. The van der Waals surface area contributed by atoms with E-state index in [1.165, 1.54) is 320 Å². The summed E-state index contributed by atoms with van der Waals surface area (Å²) < 4.78 is 5.33. The van der Waals surface area contributed by atoms with Gasteiger partial charge in [0.1, 0.15) is 0 Å². The third kappa shape index (κ3) is 15.1. The highest BCUT2D eigenvalue weighted by Crippen LogP contribution is 2.71. The zero-order valence-electron chi connectivity index (χ0n) is 58.8. The number of rotatable bonds is 41. The Morgan fingerprint density at radius 1 is 0.287 bits per heavy atom. The van der Waals surface area contributed by atoms with Gasteiger partial charge in [-0.2, -0.15) is 0 Å². The zero-order chi connectivity index (χ0) is 65.6. The molecule has 0 saturated heterocycles. The maximum absolute atomic E-state index is 13.5. The standard InChI is InChI=1S/C87H110O2S5/c1-9-14-19-24-29-34-39-63-45-62(8)48-69(51-63)87(71-54-66(42-37-32-27-22-17-12-4)50-67(55-71)43-38-33-28-23-18-13-5)76-80-75(57-73(59-89)91-80)92-82(76)84-78(87)85-83(94-84)77-81(93-85)79-74(56-72(58-88)90-79)86(77,68-46-60(6)44-61(7)47-68)70-52-64(40-35-30-25-20-15-10-2)49-65(53-70)41-36-31-26-21-16-11-3/h44-59H,9-43H2,1-8H3. The predicted octanol–water partition coefficient (Wildman–Crippen LogP) is 28.1. The molecule has 4 aromatic carbocycles. The molecule has 9 aromatic rings. The van der Waals surface area contributed by atoms with Gasteiger partial charge in [-0.25, -0.2) is 0 Å². The maximum atomic E-state index is 13.5. The molecule has 11 rings (SSSR count). The first-order valence-electron chi connectivity index (χ1n) is 37.7. The molecule has 5 aromatic heterocycles. The number of hydrogen-bond acceptors (Lipinski definition) is 7. The van der Waals surface area contributed by atoms with Crippen LogP contribution in [0.5, 0.6) is 0 Å². The maximum Gasteiger partial charge on any atom is 0.160 e. The van der Waals surface area contributed by atoms with Gasteiger partial charge in [-0.3, -0.25) is 9.59 Å². The van der Waals surface area contributed by atoms with E-state index in [0.717, 1.165) is 54.4 Å². The third-order valence-corrected chi connectivity index (χ3v) is 27.4. The third-order valence-electron chi connectivity index (χ3n) is 21.1. The van der Waals surface area contributed by atoms with Gasteiger partial charge in [-0.1, -0.05) is 285 Å². The van der Waals surface area contributed by atoms with Crippen molar-refractivity contribution >= 4 is 88.1 Å². The largest absolute Gasteiger partial charge is 0.297 e. The number of carbonyl (C=O) groups excluding carboxylic acids is 2. The van der Waals surface area contributed by atoms with Crippen molar-refractivity contribution in [2.75, 3.05) is 0 Å². The summed E-state index contributed by atoms with van der Waals surface area (Å²) >= 11 is 9.52. The average Bonchev–Trinajstić information content (AvgIpc) is 1.48. The van der Waals surface area contributed by atoms with Crippen LogP contribution in [0.25, 0.3) is 38.3 Å². The molecule has 0 amide bonds. The van der Waals surface area contributed by atoms with Crippen molar-refractivity contribution in [1.82, 2.24) is 0 Å². The lowest BCUT2D eigenvalue weighted by Gasteiger charge is -2.35. The molecule has 2 atom stereocenters. The lowest BCUT2D eigenvalue weighted by molar-refractivity contribution is 0.111. The smallest absolute Gasteiger partial charge is 0.160 e. The van der Waals surface area contributed by atoms with Gasteiger partial charge in [0.05, 0.1) is 54.2 Å². The Bertz CT molecular complexity index is 3890. The van der Waals surface area contributed by atoms with Crippen LogP contribution in [0.15, 0.2) is 84.9 Å². The minimum Gasteiger partial charge on any atom is -0.297 e. The molecule has 0 bridgehead atoms. The number of hydrogen-bond donors (Lipinski definition) is 0. The Morgan fingerprint density at radius 2 is 0.606 bits per heavy atom. The molecule has 0 spiro atoms. The molecule has 94 heavy (non-hydrogen) atoms. The highest BCUT2D eigenvalue weighted by Gasteiger charge is 2.56. The van der Waals surface area contributed by atoms with E-state index in [1.807, 2.05) is 22.7 Å². The molecular weight excluding hydrogens is 1240 g/mol. The number of fused-ring (bicyclic) bond motifs is 11. The van der Waals surface area contributed by atoms with Crippen LogP contribution in [0.3, 0.4) is 0 Å². The van der Waals surface area contributed by atoms with Gasteiger partial charge in [0, 0.05) is 21.4 Å². The number of carbonyl (C=O) groups is 2. The van der Waals surface area contributed by atoms with Crippen molar-refractivity contribution < 1.29 is 9.59 Å². The molecule has 0 saturated carbocycles. The topological polar surface area (TPSA) is 34.1 Å². The first-order chi connectivity index (χ1) is 46.0.